The van der Waals surface area contributed by atoms with Gasteiger partial charge < -0.3 is 9.47 Å². The lowest BCUT2D eigenvalue weighted by molar-refractivity contribution is 0.0973. The highest BCUT2D eigenvalue weighted by atomic mass is 35.5. The molecule has 0 bridgehead atoms. The molecule has 1 atom stereocenters. The van der Waals surface area contributed by atoms with Crippen LogP contribution < -0.4 is 9.47 Å². The van der Waals surface area contributed by atoms with Crippen LogP contribution in [0.25, 0.3) is 0 Å². The molecule has 4 heteroatoms. The van der Waals surface area contributed by atoms with Crippen molar-refractivity contribution in [3.05, 3.63) is 59.1 Å². The Balaban J connectivity index is 1.59. The smallest absolute Gasteiger partial charge is 0.161 e. The number of benzene rings is 2. The number of hydrogen-bond donors (Lipinski definition) is 0. The summed E-state index contributed by atoms with van der Waals surface area (Å²) < 4.78 is 11.5. The Bertz CT molecular complexity index is 610. The first-order valence-corrected chi connectivity index (χ1v) is 6.83. The average molecular weight is 288 g/mol. The molecule has 1 aliphatic rings. The molecule has 0 amide bonds. The van der Waals surface area contributed by atoms with Gasteiger partial charge in [0.2, 0.25) is 0 Å². The molecular weight excluding hydrogens is 274 g/mol. The van der Waals surface area contributed by atoms with Crippen LogP contribution in [0.2, 0.25) is 5.02 Å². The van der Waals surface area contributed by atoms with Crippen molar-refractivity contribution < 1.29 is 9.47 Å². The van der Waals surface area contributed by atoms with E-state index in [9.17, 15) is 0 Å². The Morgan fingerprint density at radius 1 is 1.10 bits per heavy atom. The predicted octanol–water partition coefficient (Wildman–Crippen LogP) is 3.60. The lowest BCUT2D eigenvalue weighted by Crippen LogP contribution is -2.31. The zero-order chi connectivity index (χ0) is 13.8. The van der Waals surface area contributed by atoms with Gasteiger partial charge in [0, 0.05) is 11.2 Å². The first-order chi connectivity index (χ1) is 9.81. The van der Waals surface area contributed by atoms with Crippen molar-refractivity contribution in [1.82, 2.24) is 0 Å². The van der Waals surface area contributed by atoms with Crippen molar-refractivity contribution in [3.63, 3.8) is 0 Å². The maximum absolute atomic E-state index is 5.83. The molecule has 0 N–H and O–H groups in total. The Morgan fingerprint density at radius 2 is 1.85 bits per heavy atom. The lowest BCUT2D eigenvalue weighted by atomic mass is 10.2. The van der Waals surface area contributed by atoms with Crippen LogP contribution in [0, 0.1) is 0 Å². The minimum atomic E-state index is -0.0477. The highest BCUT2D eigenvalue weighted by molar-refractivity contribution is 6.30. The molecule has 0 fully saturated rings. The molecule has 0 aliphatic carbocycles. The quantitative estimate of drug-likeness (QED) is 0.808. The second-order valence-corrected chi connectivity index (χ2v) is 4.98. The maximum Gasteiger partial charge on any atom is 0.161 e. The van der Waals surface area contributed by atoms with Gasteiger partial charge in [0.15, 0.2) is 17.6 Å². The zero-order valence-corrected chi connectivity index (χ0v) is 11.6. The van der Waals surface area contributed by atoms with Crippen LogP contribution >= 0.6 is 11.6 Å². The third-order valence-electron chi connectivity index (χ3n) is 2.99. The molecule has 3 nitrogen and oxygen atoms in total. The summed E-state index contributed by atoms with van der Waals surface area (Å²) >= 11 is 5.83. The standard InChI is InChI=1S/C16H14ClNO2/c17-13-7-5-12(6-8-13)9-18-10-14-11-19-15-3-1-2-4-16(15)20-14/h1-9,14H,10-11H2. The van der Waals surface area contributed by atoms with Gasteiger partial charge >= 0.3 is 0 Å². The third-order valence-corrected chi connectivity index (χ3v) is 3.24. The van der Waals surface area contributed by atoms with Crippen LogP contribution in [0.1, 0.15) is 5.56 Å². The van der Waals surface area contributed by atoms with Gasteiger partial charge in [-0.2, -0.15) is 0 Å². The topological polar surface area (TPSA) is 30.8 Å². The van der Waals surface area contributed by atoms with Gasteiger partial charge in [-0.15, -0.1) is 0 Å². The van der Waals surface area contributed by atoms with E-state index < -0.39 is 0 Å². The predicted molar refractivity (Wildman–Crippen MR) is 80.3 cm³/mol. The van der Waals surface area contributed by atoms with Gasteiger partial charge in [-0.25, -0.2) is 0 Å². The molecule has 2 aromatic rings. The van der Waals surface area contributed by atoms with Crippen molar-refractivity contribution in [3.8, 4) is 11.5 Å². The molecule has 1 aliphatic heterocycles. The molecule has 0 spiro atoms. The molecule has 1 heterocycles. The van der Waals surface area contributed by atoms with E-state index in [0.29, 0.717) is 13.2 Å². The fourth-order valence-corrected chi connectivity index (χ4v) is 2.10. The second kappa shape index (κ2) is 5.97. The zero-order valence-electron chi connectivity index (χ0n) is 10.8. The Kier molecular flexibility index (Phi) is 3.88. The Hall–Kier alpha value is -2.00. The van der Waals surface area contributed by atoms with Crippen LogP contribution in [-0.4, -0.2) is 25.5 Å². The maximum atomic E-state index is 5.83. The van der Waals surface area contributed by atoms with Crippen LogP contribution in [0.3, 0.4) is 0 Å². The molecule has 0 aromatic heterocycles. The second-order valence-electron chi connectivity index (χ2n) is 4.54. The van der Waals surface area contributed by atoms with E-state index in [0.717, 1.165) is 22.1 Å². The number of para-hydroxylation sites is 2. The average Bonchev–Trinajstić information content (AvgIpc) is 2.49. The Morgan fingerprint density at radius 3 is 2.65 bits per heavy atom. The molecule has 0 saturated heterocycles. The Labute approximate surface area is 122 Å². The van der Waals surface area contributed by atoms with E-state index >= 15 is 0 Å². The number of hydrogen-bond acceptors (Lipinski definition) is 3. The number of halogens is 1. The number of fused-ring (bicyclic) bond motifs is 1. The van der Waals surface area contributed by atoms with E-state index in [2.05, 4.69) is 4.99 Å². The van der Waals surface area contributed by atoms with Gasteiger partial charge in [0.25, 0.3) is 0 Å². The monoisotopic (exact) mass is 287 g/mol. The van der Waals surface area contributed by atoms with Crippen molar-refractivity contribution in [2.45, 2.75) is 6.10 Å². The number of aliphatic imine (C=N–C) groups is 1. The van der Waals surface area contributed by atoms with Gasteiger partial charge in [-0.3, -0.25) is 4.99 Å². The van der Waals surface area contributed by atoms with Crippen molar-refractivity contribution in [2.75, 3.05) is 13.2 Å². The van der Waals surface area contributed by atoms with E-state index in [4.69, 9.17) is 21.1 Å². The van der Waals surface area contributed by atoms with Crippen LogP contribution in [0.4, 0.5) is 0 Å². The summed E-state index contributed by atoms with van der Waals surface area (Å²) in [4.78, 5) is 4.39. The summed E-state index contributed by atoms with van der Waals surface area (Å²) in [6.07, 6.45) is 1.77. The summed E-state index contributed by atoms with van der Waals surface area (Å²) in [7, 11) is 0. The fourth-order valence-electron chi connectivity index (χ4n) is 1.98. The highest BCUT2D eigenvalue weighted by Crippen LogP contribution is 2.30. The van der Waals surface area contributed by atoms with E-state index in [1.54, 1.807) is 0 Å². The number of nitrogens with zero attached hydrogens (tertiary/aromatic N) is 1. The van der Waals surface area contributed by atoms with Crippen molar-refractivity contribution >= 4 is 17.8 Å². The summed E-state index contributed by atoms with van der Waals surface area (Å²) in [6, 6.07) is 15.2. The molecule has 2 aromatic carbocycles. The van der Waals surface area contributed by atoms with Crippen LogP contribution in [0.5, 0.6) is 11.5 Å². The minimum absolute atomic E-state index is 0.0477. The van der Waals surface area contributed by atoms with E-state index in [1.165, 1.54) is 0 Å². The summed E-state index contributed by atoms with van der Waals surface area (Å²) in [6.45, 7) is 1.09. The van der Waals surface area contributed by atoms with Crippen LogP contribution in [0.15, 0.2) is 53.5 Å². The fraction of sp³-hybridized carbons (Fsp3) is 0.188. The van der Waals surface area contributed by atoms with E-state index in [1.807, 2.05) is 54.7 Å². The number of ether oxygens (including phenoxy) is 2. The first kappa shape index (κ1) is 13.0. The largest absolute Gasteiger partial charge is 0.486 e. The summed E-state index contributed by atoms with van der Waals surface area (Å²) in [5.74, 6) is 1.58. The first-order valence-electron chi connectivity index (χ1n) is 6.45. The van der Waals surface area contributed by atoms with Crippen molar-refractivity contribution in [1.29, 1.82) is 0 Å². The summed E-state index contributed by atoms with van der Waals surface area (Å²) in [5, 5.41) is 0.725. The van der Waals surface area contributed by atoms with Gasteiger partial charge in [0.1, 0.15) is 6.61 Å². The molecule has 0 saturated carbocycles. The third kappa shape index (κ3) is 3.11. The van der Waals surface area contributed by atoms with Crippen molar-refractivity contribution in [2.24, 2.45) is 4.99 Å². The molecule has 102 valence electrons. The SMILES string of the molecule is Clc1ccc(C=NCC2COc3ccccc3O2)cc1. The molecule has 3 rings (SSSR count). The normalized spacial score (nSPS) is 17.4. The van der Waals surface area contributed by atoms with Crippen LogP contribution in [-0.2, 0) is 0 Å². The molecule has 1 unspecified atom stereocenters. The molecular formula is C16H14ClNO2. The van der Waals surface area contributed by atoms with Gasteiger partial charge in [0.05, 0.1) is 6.54 Å². The lowest BCUT2D eigenvalue weighted by Gasteiger charge is -2.25. The molecule has 20 heavy (non-hydrogen) atoms. The van der Waals surface area contributed by atoms with E-state index in [-0.39, 0.29) is 6.10 Å². The molecule has 0 radical (unpaired) electrons. The minimum Gasteiger partial charge on any atom is -0.486 e. The summed E-state index contributed by atoms with van der Waals surface area (Å²) in [5.41, 5.74) is 1.02. The number of rotatable bonds is 3. The van der Waals surface area contributed by atoms with Gasteiger partial charge in [-0.1, -0.05) is 35.9 Å². The van der Waals surface area contributed by atoms with Gasteiger partial charge in [-0.05, 0) is 29.8 Å². The highest BCUT2D eigenvalue weighted by Gasteiger charge is 2.19.